The normalized spacial score (nSPS) is 13.9. The summed E-state index contributed by atoms with van der Waals surface area (Å²) >= 11 is 0. The Labute approximate surface area is 424 Å². The molecule has 9 heteroatoms. The van der Waals surface area contributed by atoms with Crippen LogP contribution in [0.3, 0.4) is 0 Å². The van der Waals surface area contributed by atoms with Gasteiger partial charge < -0.3 is 28.8 Å². The van der Waals surface area contributed by atoms with Crippen LogP contribution in [0.1, 0.15) is 309 Å². The fraction of sp³-hybridized carbons (Fsp3) is 0.949. The van der Waals surface area contributed by atoms with Crippen LogP contribution < -0.4 is 10.2 Å². The molecule has 0 saturated carbocycles. The molecule has 0 aliphatic carbocycles. The van der Waals surface area contributed by atoms with E-state index in [0.29, 0.717) is 23.9 Å². The second-order valence-corrected chi connectivity index (χ2v) is 23.5. The third kappa shape index (κ3) is 53.0. The van der Waals surface area contributed by atoms with Gasteiger partial charge in [-0.05, 0) is 38.5 Å². The molecule has 1 amide bonds. The van der Waals surface area contributed by atoms with E-state index in [1.165, 1.54) is 244 Å². The highest BCUT2D eigenvalue weighted by molar-refractivity contribution is 7.45. The van der Waals surface area contributed by atoms with E-state index in [-0.39, 0.29) is 19.1 Å². The average Bonchev–Trinajstić information content (AvgIpc) is 3.30. The summed E-state index contributed by atoms with van der Waals surface area (Å²) in [5.74, 6) is -0.158. The number of hydrogen-bond acceptors (Lipinski definition) is 6. The van der Waals surface area contributed by atoms with Crippen LogP contribution in [0.4, 0.5) is 0 Å². The molecule has 0 aliphatic rings. The number of rotatable bonds is 56. The standard InChI is InChI=1S/C59H119N2O6P/c1-6-8-10-12-14-16-18-20-22-23-24-25-26-27-28-29-30-31-32-33-34-35-36-37-39-41-43-45-47-49-51-53-59(63)60-57(56-67-68(64,65)66-55-54-61(3,4)5)58(62)52-50-48-46-44-42-40-38-21-19-17-15-13-11-9-7-2/h23-24,57-58,62H,6-22,25-56H2,1-5H3,(H-,60,63,64,65)/b24-23-. The number of phosphoric ester groups is 1. The molecule has 0 radical (unpaired) electrons. The van der Waals surface area contributed by atoms with Crippen LogP contribution in [0.15, 0.2) is 12.2 Å². The lowest BCUT2D eigenvalue weighted by Gasteiger charge is -2.30. The van der Waals surface area contributed by atoms with Crippen molar-refractivity contribution in [2.24, 2.45) is 0 Å². The summed E-state index contributed by atoms with van der Waals surface area (Å²) in [5, 5.41) is 14.0. The maximum Gasteiger partial charge on any atom is 0.268 e. The molecule has 3 unspecified atom stereocenters. The number of nitrogens with zero attached hydrogens (tertiary/aromatic N) is 1. The summed E-state index contributed by atoms with van der Waals surface area (Å²) in [6.07, 6.45) is 62.6. The van der Waals surface area contributed by atoms with Gasteiger partial charge in [0.1, 0.15) is 13.2 Å². The Balaban J connectivity index is 3.99. The molecule has 406 valence electrons. The SMILES string of the molecule is CCCCCCCCCC/C=C\CCCCCCCCCCCCCCCCCCCCCC(=O)NC(COP(=O)([O-])OCC[N+](C)(C)C)C(O)CCCCCCCCCCCCCCCCC. The molecule has 0 aromatic rings. The van der Waals surface area contributed by atoms with E-state index in [1.54, 1.807) is 0 Å². The number of likely N-dealkylation sites (N-methyl/N-ethyl adjacent to an activating group) is 1. The summed E-state index contributed by atoms with van der Waals surface area (Å²) in [4.78, 5) is 25.5. The van der Waals surface area contributed by atoms with Gasteiger partial charge in [0.15, 0.2) is 0 Å². The second kappa shape index (κ2) is 51.2. The molecule has 0 aliphatic heterocycles. The summed E-state index contributed by atoms with van der Waals surface area (Å²) in [7, 11) is 1.32. The van der Waals surface area contributed by atoms with Crippen LogP contribution in [0.5, 0.6) is 0 Å². The van der Waals surface area contributed by atoms with Gasteiger partial charge in [0.2, 0.25) is 5.91 Å². The minimum Gasteiger partial charge on any atom is -0.756 e. The van der Waals surface area contributed by atoms with Gasteiger partial charge in [-0.25, -0.2) is 0 Å². The van der Waals surface area contributed by atoms with Crippen molar-refractivity contribution in [1.29, 1.82) is 0 Å². The number of carbonyl (C=O) groups excluding carboxylic acids is 1. The molecule has 0 fully saturated rings. The van der Waals surface area contributed by atoms with Crippen LogP contribution >= 0.6 is 7.82 Å². The number of allylic oxidation sites excluding steroid dienone is 2. The molecule has 8 nitrogen and oxygen atoms in total. The van der Waals surface area contributed by atoms with Gasteiger partial charge >= 0.3 is 0 Å². The van der Waals surface area contributed by atoms with Crippen LogP contribution in [0.2, 0.25) is 0 Å². The van der Waals surface area contributed by atoms with Crippen molar-refractivity contribution >= 4 is 13.7 Å². The number of unbranched alkanes of at least 4 members (excludes halogenated alkanes) is 41. The number of quaternary nitrogens is 1. The van der Waals surface area contributed by atoms with E-state index in [1.807, 2.05) is 21.1 Å². The Hall–Kier alpha value is -0.760. The van der Waals surface area contributed by atoms with Crippen molar-refractivity contribution < 1.29 is 32.9 Å². The van der Waals surface area contributed by atoms with E-state index in [2.05, 4.69) is 31.3 Å². The monoisotopic (exact) mass is 983 g/mol. The van der Waals surface area contributed by atoms with Crippen molar-refractivity contribution in [2.75, 3.05) is 40.9 Å². The lowest BCUT2D eigenvalue weighted by molar-refractivity contribution is -0.870. The predicted octanol–water partition coefficient (Wildman–Crippen LogP) is 17.6. The van der Waals surface area contributed by atoms with Crippen molar-refractivity contribution in [3.63, 3.8) is 0 Å². The summed E-state index contributed by atoms with van der Waals surface area (Å²) in [5.41, 5.74) is 0. The average molecular weight is 984 g/mol. The molecule has 0 spiro atoms. The number of carbonyl (C=O) groups is 1. The number of aliphatic hydroxyl groups is 1. The minimum absolute atomic E-state index is 0.0155. The first kappa shape index (κ1) is 67.2. The van der Waals surface area contributed by atoms with Crippen LogP contribution in [-0.4, -0.2) is 68.5 Å². The first-order chi connectivity index (χ1) is 33.0. The number of phosphoric acid groups is 1. The number of hydrogen-bond donors (Lipinski definition) is 2. The maximum atomic E-state index is 13.0. The van der Waals surface area contributed by atoms with Crippen LogP contribution in [-0.2, 0) is 18.4 Å². The second-order valence-electron chi connectivity index (χ2n) is 22.1. The van der Waals surface area contributed by atoms with Gasteiger partial charge in [-0.3, -0.25) is 9.36 Å². The van der Waals surface area contributed by atoms with E-state index >= 15 is 0 Å². The molecule has 0 saturated heterocycles. The highest BCUT2D eigenvalue weighted by Crippen LogP contribution is 2.38. The van der Waals surface area contributed by atoms with Gasteiger partial charge in [0.25, 0.3) is 7.82 Å². The number of aliphatic hydroxyl groups excluding tert-OH is 1. The smallest absolute Gasteiger partial charge is 0.268 e. The third-order valence-electron chi connectivity index (χ3n) is 14.0. The minimum atomic E-state index is -4.57. The molecular formula is C59H119N2O6P. The molecule has 2 N–H and O–H groups in total. The zero-order valence-electron chi connectivity index (χ0n) is 46.3. The lowest BCUT2D eigenvalue weighted by atomic mass is 10.0. The first-order valence-corrected chi connectivity index (χ1v) is 31.5. The molecule has 3 atom stereocenters. The third-order valence-corrected chi connectivity index (χ3v) is 15.0. The van der Waals surface area contributed by atoms with Crippen LogP contribution in [0.25, 0.3) is 0 Å². The van der Waals surface area contributed by atoms with Crippen molar-refractivity contribution in [1.82, 2.24) is 5.32 Å². The molecule has 0 aromatic heterocycles. The fourth-order valence-electron chi connectivity index (χ4n) is 9.27. The first-order valence-electron chi connectivity index (χ1n) is 30.0. The highest BCUT2D eigenvalue weighted by atomic mass is 31.2. The topological polar surface area (TPSA) is 108 Å². The quantitative estimate of drug-likeness (QED) is 0.0272. The maximum absolute atomic E-state index is 13.0. The number of nitrogens with one attached hydrogen (secondary N) is 1. The summed E-state index contributed by atoms with van der Waals surface area (Å²) in [6, 6.07) is -0.796. The van der Waals surface area contributed by atoms with Gasteiger partial charge in [-0.1, -0.05) is 276 Å². The predicted molar refractivity (Wildman–Crippen MR) is 293 cm³/mol. The summed E-state index contributed by atoms with van der Waals surface area (Å²) in [6.45, 7) is 4.76. The van der Waals surface area contributed by atoms with Gasteiger partial charge in [-0.2, -0.15) is 0 Å². The van der Waals surface area contributed by atoms with Crippen molar-refractivity contribution in [2.45, 2.75) is 321 Å². The van der Waals surface area contributed by atoms with E-state index < -0.39 is 20.0 Å². The highest BCUT2D eigenvalue weighted by Gasteiger charge is 2.24. The molecule has 68 heavy (non-hydrogen) atoms. The Bertz CT molecular complexity index is 1120. The van der Waals surface area contributed by atoms with Crippen molar-refractivity contribution in [3.8, 4) is 0 Å². The van der Waals surface area contributed by atoms with Gasteiger partial charge in [0.05, 0.1) is 39.9 Å². The zero-order chi connectivity index (χ0) is 49.9. The fourth-order valence-corrected chi connectivity index (χ4v) is 10.00. The van der Waals surface area contributed by atoms with Gasteiger partial charge in [0, 0.05) is 6.42 Å². The molecule has 0 heterocycles. The molecular weight excluding hydrogens is 864 g/mol. The largest absolute Gasteiger partial charge is 0.756 e. The Morgan fingerprint density at radius 3 is 1.15 bits per heavy atom. The molecule has 0 aromatic carbocycles. The van der Waals surface area contributed by atoms with E-state index in [9.17, 15) is 19.4 Å². The Kier molecular flexibility index (Phi) is 50.6. The zero-order valence-corrected chi connectivity index (χ0v) is 47.2. The Morgan fingerprint density at radius 1 is 0.500 bits per heavy atom. The molecule has 0 bridgehead atoms. The summed E-state index contributed by atoms with van der Waals surface area (Å²) < 4.78 is 23.4. The number of amides is 1. The lowest BCUT2D eigenvalue weighted by Crippen LogP contribution is -2.46. The van der Waals surface area contributed by atoms with Gasteiger partial charge in [-0.15, -0.1) is 0 Å². The van der Waals surface area contributed by atoms with Crippen molar-refractivity contribution in [3.05, 3.63) is 12.2 Å². The van der Waals surface area contributed by atoms with Crippen LogP contribution in [0, 0.1) is 0 Å². The van der Waals surface area contributed by atoms with E-state index in [4.69, 9.17) is 9.05 Å². The molecule has 0 rings (SSSR count). The Morgan fingerprint density at radius 2 is 0.809 bits per heavy atom. The van der Waals surface area contributed by atoms with E-state index in [0.717, 1.165) is 38.5 Å².